The number of alkyl halides is 2. The topological polar surface area (TPSA) is 71.7 Å². The van der Waals surface area contributed by atoms with Gasteiger partial charge in [0.25, 0.3) is 5.89 Å². The van der Waals surface area contributed by atoms with Crippen molar-refractivity contribution >= 4 is 11.7 Å². The summed E-state index contributed by atoms with van der Waals surface area (Å²) in [6.45, 7) is 2.05. The van der Waals surface area contributed by atoms with Gasteiger partial charge < -0.3 is 14.1 Å². The van der Waals surface area contributed by atoms with E-state index in [0.29, 0.717) is 26.3 Å². The van der Waals surface area contributed by atoms with Crippen LogP contribution in [0, 0.1) is 17.0 Å². The highest BCUT2D eigenvalue weighted by atomic mass is 19.3. The Morgan fingerprint density at radius 1 is 1.12 bits per heavy atom. The summed E-state index contributed by atoms with van der Waals surface area (Å²) in [6.07, 6.45) is -2.94. The molecule has 2 amide bonds. The molecule has 2 saturated heterocycles. The van der Waals surface area contributed by atoms with Crippen LogP contribution in [-0.4, -0.2) is 47.4 Å². The van der Waals surface area contributed by atoms with Crippen molar-refractivity contribution in [3.05, 3.63) is 65.6 Å². The Hall–Kier alpha value is -3.47. The maximum Gasteiger partial charge on any atom is 0.324 e. The Labute approximate surface area is 185 Å². The minimum Gasteiger partial charge on any atom is -0.415 e. The van der Waals surface area contributed by atoms with Crippen LogP contribution >= 0.6 is 0 Å². The summed E-state index contributed by atoms with van der Waals surface area (Å²) >= 11 is 0. The van der Waals surface area contributed by atoms with Gasteiger partial charge in [-0.2, -0.15) is 8.78 Å². The van der Waals surface area contributed by atoms with Crippen molar-refractivity contribution in [1.82, 2.24) is 15.1 Å². The number of halogens is 4. The molecule has 2 fully saturated rings. The lowest BCUT2D eigenvalue weighted by Crippen LogP contribution is -2.68. The number of anilines is 1. The number of urea groups is 1. The van der Waals surface area contributed by atoms with Gasteiger partial charge in [0, 0.05) is 29.9 Å². The van der Waals surface area contributed by atoms with Crippen LogP contribution < -0.4 is 4.90 Å². The summed E-state index contributed by atoms with van der Waals surface area (Å²) in [7, 11) is 0. The first-order valence-electron chi connectivity index (χ1n) is 10.1. The van der Waals surface area contributed by atoms with E-state index in [0.717, 1.165) is 6.07 Å². The Morgan fingerprint density at radius 2 is 1.91 bits per heavy atom. The lowest BCUT2D eigenvalue weighted by atomic mass is 9.78. The molecule has 7 nitrogen and oxygen atoms in total. The van der Waals surface area contributed by atoms with Gasteiger partial charge in [0.2, 0.25) is 5.89 Å². The molecule has 2 aliphatic rings. The number of hydrogen-bond acceptors (Lipinski definition) is 5. The fourth-order valence-corrected chi connectivity index (χ4v) is 3.97. The average Bonchev–Trinajstić information content (AvgIpc) is 3.21. The van der Waals surface area contributed by atoms with Crippen molar-refractivity contribution in [2.75, 3.05) is 31.2 Å². The van der Waals surface area contributed by atoms with Gasteiger partial charge in [0.15, 0.2) is 0 Å². The molecule has 0 aliphatic carbocycles. The van der Waals surface area contributed by atoms with Crippen LogP contribution in [0.5, 0.6) is 0 Å². The first-order valence-corrected chi connectivity index (χ1v) is 10.1. The van der Waals surface area contributed by atoms with E-state index in [1.165, 1.54) is 35.2 Å². The predicted octanol–water partition coefficient (Wildman–Crippen LogP) is 4.41. The molecule has 0 atom stereocenters. The Balaban J connectivity index is 1.39. The number of amides is 2. The molecule has 0 unspecified atom stereocenters. The van der Waals surface area contributed by atoms with Crippen LogP contribution in [0.3, 0.4) is 0 Å². The third kappa shape index (κ3) is 4.04. The summed E-state index contributed by atoms with van der Waals surface area (Å²) in [5, 5.41) is 6.74. The van der Waals surface area contributed by atoms with Crippen LogP contribution in [0.2, 0.25) is 0 Å². The molecular weight excluding hydrogens is 444 g/mol. The van der Waals surface area contributed by atoms with Crippen LogP contribution in [0.15, 0.2) is 46.9 Å². The molecule has 0 saturated carbocycles. The predicted molar refractivity (Wildman–Crippen MR) is 107 cm³/mol. The molecule has 2 aromatic carbocycles. The summed E-state index contributed by atoms with van der Waals surface area (Å²) in [5.74, 6) is -2.34. The summed E-state index contributed by atoms with van der Waals surface area (Å²) in [6, 6.07) is 9.02. The van der Waals surface area contributed by atoms with Crippen LogP contribution in [0.4, 0.5) is 28.0 Å². The second kappa shape index (κ2) is 8.14. The molecule has 0 bridgehead atoms. The molecule has 11 heteroatoms. The van der Waals surface area contributed by atoms with E-state index in [4.69, 9.17) is 9.15 Å². The molecule has 172 valence electrons. The number of carbonyl (C=O) groups excluding carboxylic acids is 1. The highest BCUT2D eigenvalue weighted by molar-refractivity contribution is 5.92. The Bertz CT molecular complexity index is 1190. The van der Waals surface area contributed by atoms with Crippen molar-refractivity contribution in [2.24, 2.45) is 5.41 Å². The zero-order chi connectivity index (χ0) is 23.2. The summed E-state index contributed by atoms with van der Waals surface area (Å²) < 4.78 is 64.2. The van der Waals surface area contributed by atoms with Gasteiger partial charge in [0.05, 0.1) is 25.2 Å². The largest absolute Gasteiger partial charge is 0.415 e. The lowest BCUT2D eigenvalue weighted by Gasteiger charge is -2.55. The molecule has 1 spiro atoms. The molecule has 5 rings (SSSR count). The van der Waals surface area contributed by atoms with E-state index in [1.54, 1.807) is 11.0 Å². The molecule has 3 heterocycles. The normalized spacial score (nSPS) is 16.6. The third-order valence-corrected chi connectivity index (χ3v) is 5.75. The minimum atomic E-state index is -2.94. The van der Waals surface area contributed by atoms with E-state index in [1.807, 2.05) is 0 Å². The minimum absolute atomic E-state index is 0.0165. The van der Waals surface area contributed by atoms with E-state index >= 15 is 0 Å². The van der Waals surface area contributed by atoms with Crippen LogP contribution in [0.25, 0.3) is 11.5 Å². The molecule has 2 aliphatic heterocycles. The average molecular weight is 462 g/mol. The van der Waals surface area contributed by atoms with Crippen molar-refractivity contribution < 1.29 is 31.5 Å². The molecule has 3 aromatic rings. The van der Waals surface area contributed by atoms with Crippen molar-refractivity contribution in [3.8, 4) is 11.5 Å². The highest BCUT2D eigenvalue weighted by Gasteiger charge is 2.51. The van der Waals surface area contributed by atoms with Crippen molar-refractivity contribution in [1.29, 1.82) is 0 Å². The fourth-order valence-electron chi connectivity index (χ4n) is 3.97. The number of nitrogens with zero attached hydrogens (tertiary/aromatic N) is 4. The second-order valence-corrected chi connectivity index (χ2v) is 8.25. The maximum absolute atomic E-state index is 14.9. The third-order valence-electron chi connectivity index (χ3n) is 5.75. The zero-order valence-electron chi connectivity index (χ0n) is 17.2. The first-order chi connectivity index (χ1) is 15.8. The fraction of sp³-hybridized carbons (Fsp3) is 0.318. The SMILES string of the molecule is O=C(N1CC2(COC2)C1)N(Cc1ccc(-c2nnc(C(F)F)o2)cc1F)c1cccc(F)c1. The Morgan fingerprint density at radius 3 is 2.52 bits per heavy atom. The van der Waals surface area contributed by atoms with Gasteiger partial charge in [-0.15, -0.1) is 10.2 Å². The van der Waals surface area contributed by atoms with E-state index in [9.17, 15) is 22.4 Å². The van der Waals surface area contributed by atoms with Gasteiger partial charge in [-0.05, 0) is 30.3 Å². The number of rotatable bonds is 5. The second-order valence-electron chi connectivity index (χ2n) is 8.25. The van der Waals surface area contributed by atoms with E-state index < -0.39 is 24.0 Å². The van der Waals surface area contributed by atoms with E-state index in [-0.39, 0.29) is 40.7 Å². The molecule has 0 N–H and O–H groups in total. The summed E-state index contributed by atoms with van der Waals surface area (Å²) in [4.78, 5) is 16.1. The maximum atomic E-state index is 14.9. The van der Waals surface area contributed by atoms with Crippen LogP contribution in [0.1, 0.15) is 17.9 Å². The summed E-state index contributed by atoms with van der Waals surface area (Å²) in [5.41, 5.74) is 0.533. The first kappa shape index (κ1) is 21.4. The molecule has 33 heavy (non-hydrogen) atoms. The number of likely N-dealkylation sites (tertiary alicyclic amines) is 1. The number of aromatic nitrogens is 2. The molecule has 1 aromatic heterocycles. The van der Waals surface area contributed by atoms with Gasteiger partial charge >= 0.3 is 12.5 Å². The highest BCUT2D eigenvalue weighted by Crippen LogP contribution is 2.38. The molecular formula is C22H18F4N4O3. The number of carbonyl (C=O) groups is 1. The zero-order valence-corrected chi connectivity index (χ0v) is 17.2. The van der Waals surface area contributed by atoms with E-state index in [2.05, 4.69) is 10.2 Å². The van der Waals surface area contributed by atoms with Crippen LogP contribution in [-0.2, 0) is 11.3 Å². The van der Waals surface area contributed by atoms with Crippen molar-refractivity contribution in [2.45, 2.75) is 13.0 Å². The number of hydrogen-bond donors (Lipinski definition) is 0. The number of benzene rings is 2. The van der Waals surface area contributed by atoms with Gasteiger partial charge in [0.1, 0.15) is 11.6 Å². The smallest absolute Gasteiger partial charge is 0.324 e. The molecule has 0 radical (unpaired) electrons. The number of ether oxygens (including phenoxy) is 1. The quantitative estimate of drug-likeness (QED) is 0.526. The standard InChI is InChI=1S/C22H18F4N4O3/c23-15-2-1-3-16(7-15)30(21(31)29-9-22(10-29)11-32-12-22)8-14-5-4-13(6-17(14)24)19-27-28-20(33-19)18(25)26/h1-7,18H,8-12H2. The monoisotopic (exact) mass is 462 g/mol. The Kier molecular flexibility index (Phi) is 5.28. The lowest BCUT2D eigenvalue weighted by molar-refractivity contribution is -0.174. The van der Waals surface area contributed by atoms with Gasteiger partial charge in [-0.3, -0.25) is 4.90 Å². The van der Waals surface area contributed by atoms with Gasteiger partial charge in [-0.1, -0.05) is 12.1 Å². The van der Waals surface area contributed by atoms with Gasteiger partial charge in [-0.25, -0.2) is 13.6 Å². The van der Waals surface area contributed by atoms with Crippen molar-refractivity contribution in [3.63, 3.8) is 0 Å².